The van der Waals surface area contributed by atoms with Gasteiger partial charge in [0.1, 0.15) is 11.5 Å². The molecule has 0 aromatic heterocycles. The van der Waals surface area contributed by atoms with Crippen LogP contribution in [0.1, 0.15) is 15.9 Å². The number of rotatable bonds is 6. The molecular weight excluding hydrogens is 292 g/mol. The lowest BCUT2D eigenvalue weighted by atomic mass is 10.1. The minimum atomic E-state index is -3.01. The number of hydrogen-bond donors (Lipinski definition) is 0. The van der Waals surface area contributed by atoms with Gasteiger partial charge in [-0.3, -0.25) is 4.79 Å². The number of alkyl halides is 2. The van der Waals surface area contributed by atoms with Crippen LogP contribution >= 0.6 is 0 Å². The van der Waals surface area contributed by atoms with Crippen LogP contribution in [0, 0.1) is 11.3 Å². The molecule has 0 saturated carbocycles. The van der Waals surface area contributed by atoms with Crippen molar-refractivity contribution in [3.05, 3.63) is 59.7 Å². The molecule has 0 bridgehead atoms. The zero-order valence-electron chi connectivity index (χ0n) is 11.3. The van der Waals surface area contributed by atoms with Crippen LogP contribution in [0.3, 0.4) is 0 Å². The summed E-state index contributed by atoms with van der Waals surface area (Å²) in [7, 11) is 0. The van der Waals surface area contributed by atoms with Gasteiger partial charge >= 0.3 is 6.61 Å². The summed E-state index contributed by atoms with van der Waals surface area (Å²) in [6.45, 7) is -3.33. The van der Waals surface area contributed by atoms with Gasteiger partial charge in [0.25, 0.3) is 0 Å². The minimum Gasteiger partial charge on any atom is -0.485 e. The van der Waals surface area contributed by atoms with Crippen LogP contribution in [0.2, 0.25) is 0 Å². The van der Waals surface area contributed by atoms with E-state index >= 15 is 0 Å². The van der Waals surface area contributed by atoms with Gasteiger partial charge < -0.3 is 9.47 Å². The molecule has 0 saturated heterocycles. The van der Waals surface area contributed by atoms with E-state index in [1.54, 1.807) is 30.3 Å². The van der Waals surface area contributed by atoms with E-state index in [0.29, 0.717) is 11.3 Å². The number of para-hydroxylation sites is 1. The maximum Gasteiger partial charge on any atom is 0.387 e. The molecule has 0 aliphatic carbocycles. The molecule has 112 valence electrons. The Kier molecular flexibility index (Phi) is 5.04. The van der Waals surface area contributed by atoms with E-state index in [1.165, 1.54) is 18.2 Å². The van der Waals surface area contributed by atoms with E-state index in [2.05, 4.69) is 4.74 Å². The number of nitrogens with zero attached hydrogens (tertiary/aromatic N) is 1. The first-order chi connectivity index (χ1) is 10.6. The van der Waals surface area contributed by atoms with Crippen molar-refractivity contribution in [1.82, 2.24) is 0 Å². The Morgan fingerprint density at radius 2 is 1.82 bits per heavy atom. The smallest absolute Gasteiger partial charge is 0.387 e. The fraction of sp³-hybridized carbons (Fsp3) is 0.125. The van der Waals surface area contributed by atoms with Gasteiger partial charge in [-0.15, -0.1) is 0 Å². The van der Waals surface area contributed by atoms with Crippen LogP contribution in [0.5, 0.6) is 11.5 Å². The number of benzene rings is 2. The molecule has 2 aromatic rings. The lowest BCUT2D eigenvalue weighted by Gasteiger charge is -2.10. The molecule has 0 heterocycles. The Labute approximate surface area is 125 Å². The van der Waals surface area contributed by atoms with E-state index < -0.39 is 12.4 Å². The van der Waals surface area contributed by atoms with Crippen LogP contribution in [0.15, 0.2) is 48.5 Å². The topological polar surface area (TPSA) is 59.3 Å². The molecule has 0 unspecified atom stereocenters. The average Bonchev–Trinajstić information content (AvgIpc) is 2.53. The van der Waals surface area contributed by atoms with Gasteiger partial charge in [-0.25, -0.2) is 0 Å². The summed E-state index contributed by atoms with van der Waals surface area (Å²) in [6, 6.07) is 13.9. The van der Waals surface area contributed by atoms with Crippen LogP contribution in [-0.4, -0.2) is 19.0 Å². The number of hydrogen-bond acceptors (Lipinski definition) is 4. The second kappa shape index (κ2) is 7.18. The Bertz CT molecular complexity index is 693. The molecule has 4 nitrogen and oxygen atoms in total. The van der Waals surface area contributed by atoms with Gasteiger partial charge in [-0.1, -0.05) is 12.1 Å². The Hall–Kier alpha value is -2.94. The van der Waals surface area contributed by atoms with Crippen molar-refractivity contribution < 1.29 is 23.0 Å². The molecule has 0 aliphatic rings. The van der Waals surface area contributed by atoms with Crippen LogP contribution in [0.4, 0.5) is 8.78 Å². The van der Waals surface area contributed by atoms with Crippen LogP contribution in [0.25, 0.3) is 0 Å². The van der Waals surface area contributed by atoms with Crippen molar-refractivity contribution in [1.29, 1.82) is 5.26 Å². The zero-order valence-corrected chi connectivity index (χ0v) is 11.3. The average molecular weight is 303 g/mol. The summed E-state index contributed by atoms with van der Waals surface area (Å²) >= 11 is 0. The van der Waals surface area contributed by atoms with Gasteiger partial charge in [0.2, 0.25) is 5.78 Å². The largest absolute Gasteiger partial charge is 0.485 e. The summed E-state index contributed by atoms with van der Waals surface area (Å²) in [4.78, 5) is 12.0. The highest BCUT2D eigenvalue weighted by Gasteiger charge is 2.15. The third-order valence-corrected chi connectivity index (χ3v) is 2.76. The molecule has 22 heavy (non-hydrogen) atoms. The maximum absolute atomic E-state index is 12.3. The van der Waals surface area contributed by atoms with Crippen molar-refractivity contribution in [3.8, 4) is 17.6 Å². The van der Waals surface area contributed by atoms with Gasteiger partial charge in [-0.2, -0.15) is 14.0 Å². The fourth-order valence-electron chi connectivity index (χ4n) is 1.75. The molecule has 6 heteroatoms. The molecular formula is C16H11F2NO3. The summed E-state index contributed by atoms with van der Waals surface area (Å²) in [6.07, 6.45) is 0. The molecule has 0 fully saturated rings. The molecule has 0 amide bonds. The SMILES string of the molecule is N#Cc1ccc(OCC(=O)c2ccccc2OC(F)F)cc1. The first-order valence-corrected chi connectivity index (χ1v) is 6.30. The minimum absolute atomic E-state index is 0.0245. The van der Waals surface area contributed by atoms with E-state index in [9.17, 15) is 13.6 Å². The van der Waals surface area contributed by atoms with Gasteiger partial charge in [-0.05, 0) is 36.4 Å². The van der Waals surface area contributed by atoms with E-state index in [4.69, 9.17) is 10.00 Å². The quantitative estimate of drug-likeness (QED) is 0.767. The highest BCUT2D eigenvalue weighted by atomic mass is 19.3. The first-order valence-electron chi connectivity index (χ1n) is 6.30. The third-order valence-electron chi connectivity index (χ3n) is 2.76. The number of ketones is 1. The molecule has 0 radical (unpaired) electrons. The van der Waals surface area contributed by atoms with Gasteiger partial charge in [0, 0.05) is 0 Å². The van der Waals surface area contributed by atoms with E-state index in [1.807, 2.05) is 6.07 Å². The van der Waals surface area contributed by atoms with Crippen molar-refractivity contribution in [2.45, 2.75) is 6.61 Å². The van der Waals surface area contributed by atoms with E-state index in [0.717, 1.165) is 0 Å². The molecule has 0 spiro atoms. The highest BCUT2D eigenvalue weighted by Crippen LogP contribution is 2.21. The normalized spacial score (nSPS) is 10.1. The predicted molar refractivity (Wildman–Crippen MR) is 74.1 cm³/mol. The molecule has 0 aliphatic heterocycles. The predicted octanol–water partition coefficient (Wildman–Crippen LogP) is 3.42. The maximum atomic E-state index is 12.3. The number of carbonyl (C=O) groups excluding carboxylic acids is 1. The van der Waals surface area contributed by atoms with Gasteiger partial charge in [0.15, 0.2) is 6.61 Å². The third kappa shape index (κ3) is 4.03. The summed E-state index contributed by atoms with van der Waals surface area (Å²) in [5.41, 5.74) is 0.491. The van der Waals surface area contributed by atoms with Crippen LogP contribution < -0.4 is 9.47 Å². The number of nitriles is 1. The zero-order chi connectivity index (χ0) is 15.9. The monoisotopic (exact) mass is 303 g/mol. The van der Waals surface area contributed by atoms with Crippen molar-refractivity contribution in [3.63, 3.8) is 0 Å². The Morgan fingerprint density at radius 1 is 1.14 bits per heavy atom. The molecule has 2 aromatic carbocycles. The molecule has 0 atom stereocenters. The lowest BCUT2D eigenvalue weighted by molar-refractivity contribution is -0.0501. The van der Waals surface area contributed by atoms with E-state index in [-0.39, 0.29) is 17.9 Å². The van der Waals surface area contributed by atoms with Crippen molar-refractivity contribution >= 4 is 5.78 Å². The number of ether oxygens (including phenoxy) is 2. The number of halogens is 2. The standard InChI is InChI=1S/C16H11F2NO3/c17-16(18)22-15-4-2-1-3-13(15)14(20)10-21-12-7-5-11(9-19)6-8-12/h1-8,16H,10H2. The molecule has 0 N–H and O–H groups in total. The van der Waals surface area contributed by atoms with Crippen molar-refractivity contribution in [2.24, 2.45) is 0 Å². The van der Waals surface area contributed by atoms with Gasteiger partial charge in [0.05, 0.1) is 17.2 Å². The highest BCUT2D eigenvalue weighted by molar-refractivity contribution is 5.99. The summed E-state index contributed by atoms with van der Waals surface area (Å²) in [5.74, 6) is -0.272. The van der Waals surface area contributed by atoms with Crippen molar-refractivity contribution in [2.75, 3.05) is 6.61 Å². The lowest BCUT2D eigenvalue weighted by Crippen LogP contribution is -2.14. The Balaban J connectivity index is 2.04. The second-order valence-electron chi connectivity index (χ2n) is 4.22. The summed E-state index contributed by atoms with van der Waals surface area (Å²) < 4.78 is 34.2. The van der Waals surface area contributed by atoms with Crippen LogP contribution in [-0.2, 0) is 0 Å². The fourth-order valence-corrected chi connectivity index (χ4v) is 1.75. The number of carbonyl (C=O) groups is 1. The Morgan fingerprint density at radius 3 is 2.45 bits per heavy atom. The first kappa shape index (κ1) is 15.4. The summed E-state index contributed by atoms with van der Waals surface area (Å²) in [5, 5.41) is 8.68. The number of Topliss-reactive ketones (excluding diaryl/α,β-unsaturated/α-hetero) is 1. The second-order valence-corrected chi connectivity index (χ2v) is 4.22. The molecule has 2 rings (SSSR count).